The quantitative estimate of drug-likeness (QED) is 0.601. The third kappa shape index (κ3) is 3.61. The third-order valence-electron chi connectivity index (χ3n) is 1.78. The van der Waals surface area contributed by atoms with Crippen molar-refractivity contribution in [3.8, 4) is 5.75 Å². The summed E-state index contributed by atoms with van der Waals surface area (Å²) in [4.78, 5) is 11.5. The zero-order valence-corrected chi connectivity index (χ0v) is 9.56. The van der Waals surface area contributed by atoms with Gasteiger partial charge in [0.1, 0.15) is 5.75 Å². The second kappa shape index (κ2) is 6.01. The van der Waals surface area contributed by atoms with Gasteiger partial charge in [-0.15, -0.1) is 11.6 Å². The van der Waals surface area contributed by atoms with Gasteiger partial charge in [-0.2, -0.15) is 8.78 Å². The highest BCUT2D eigenvalue weighted by molar-refractivity contribution is 6.31. The molecule has 0 aliphatic rings. The minimum Gasteiger partial charge on any atom is -0.434 e. The van der Waals surface area contributed by atoms with Gasteiger partial charge >= 0.3 is 6.61 Å². The number of carbonyl (C=O) groups is 1. The number of alkyl halides is 3. The minimum atomic E-state index is -3.00. The first-order valence-electron chi connectivity index (χ1n) is 4.38. The molecule has 0 saturated carbocycles. The summed E-state index contributed by atoms with van der Waals surface area (Å²) < 4.78 is 28.4. The van der Waals surface area contributed by atoms with Gasteiger partial charge in [0.2, 0.25) is 0 Å². The molecule has 0 heterocycles. The van der Waals surface area contributed by atoms with Gasteiger partial charge in [0.15, 0.2) is 5.78 Å². The van der Waals surface area contributed by atoms with Crippen molar-refractivity contribution in [2.24, 2.45) is 0 Å². The first-order chi connectivity index (χ1) is 7.54. The molecule has 0 atom stereocenters. The van der Waals surface area contributed by atoms with Gasteiger partial charge < -0.3 is 4.74 Å². The lowest BCUT2D eigenvalue weighted by Gasteiger charge is -2.09. The molecule has 88 valence electrons. The van der Waals surface area contributed by atoms with E-state index in [0.29, 0.717) is 0 Å². The van der Waals surface area contributed by atoms with Crippen molar-refractivity contribution in [2.45, 2.75) is 13.0 Å². The molecule has 1 aromatic rings. The topological polar surface area (TPSA) is 26.3 Å². The van der Waals surface area contributed by atoms with E-state index in [4.69, 9.17) is 23.2 Å². The molecule has 16 heavy (non-hydrogen) atoms. The summed E-state index contributed by atoms with van der Waals surface area (Å²) in [7, 11) is 0. The molecule has 6 heteroatoms. The second-order valence-electron chi connectivity index (χ2n) is 2.88. The van der Waals surface area contributed by atoms with Crippen molar-refractivity contribution in [1.29, 1.82) is 0 Å². The Kier molecular flexibility index (Phi) is 4.96. The third-order valence-corrected chi connectivity index (χ3v) is 2.21. The van der Waals surface area contributed by atoms with E-state index in [0.717, 1.165) is 0 Å². The normalized spacial score (nSPS) is 10.6. The number of halogens is 4. The van der Waals surface area contributed by atoms with E-state index in [-0.39, 0.29) is 34.4 Å². The molecule has 0 aromatic heterocycles. The molecular weight excluding hydrogens is 261 g/mol. The molecule has 0 fully saturated rings. The van der Waals surface area contributed by atoms with Crippen LogP contribution in [0.25, 0.3) is 0 Å². The molecule has 0 amide bonds. The lowest BCUT2D eigenvalue weighted by atomic mass is 10.1. The van der Waals surface area contributed by atoms with E-state index in [1.54, 1.807) is 0 Å². The highest BCUT2D eigenvalue weighted by Gasteiger charge is 2.15. The number of rotatable bonds is 5. The fourth-order valence-corrected chi connectivity index (χ4v) is 1.47. The molecular formula is C10H8Cl2F2O2. The highest BCUT2D eigenvalue weighted by atomic mass is 35.5. The molecule has 0 N–H and O–H groups in total. The van der Waals surface area contributed by atoms with Gasteiger partial charge in [0, 0.05) is 17.3 Å². The van der Waals surface area contributed by atoms with Crippen LogP contribution in [0.15, 0.2) is 18.2 Å². The van der Waals surface area contributed by atoms with Crippen molar-refractivity contribution in [2.75, 3.05) is 5.88 Å². The van der Waals surface area contributed by atoms with Crippen LogP contribution >= 0.6 is 23.2 Å². The van der Waals surface area contributed by atoms with Gasteiger partial charge in [-0.05, 0) is 18.2 Å². The van der Waals surface area contributed by atoms with Gasteiger partial charge in [0.05, 0.1) is 5.56 Å². The summed E-state index contributed by atoms with van der Waals surface area (Å²) in [5.74, 6) is -0.463. The van der Waals surface area contributed by atoms with Crippen LogP contribution in [0.3, 0.4) is 0 Å². The van der Waals surface area contributed by atoms with Crippen molar-refractivity contribution >= 4 is 29.0 Å². The van der Waals surface area contributed by atoms with E-state index >= 15 is 0 Å². The number of hydrogen-bond acceptors (Lipinski definition) is 2. The second-order valence-corrected chi connectivity index (χ2v) is 3.70. The molecule has 0 aliphatic heterocycles. The van der Waals surface area contributed by atoms with E-state index in [2.05, 4.69) is 4.74 Å². The Morgan fingerprint density at radius 1 is 1.44 bits per heavy atom. The van der Waals surface area contributed by atoms with Crippen LogP contribution < -0.4 is 4.74 Å². The summed E-state index contributed by atoms with van der Waals surface area (Å²) >= 11 is 11.0. The smallest absolute Gasteiger partial charge is 0.387 e. The largest absolute Gasteiger partial charge is 0.434 e. The standard InChI is InChI=1S/C10H8Cl2F2O2/c11-4-3-8(15)7-2-1-6(12)5-9(7)16-10(13)14/h1-2,5,10H,3-4H2. The number of carbonyl (C=O) groups excluding carboxylic acids is 1. The minimum absolute atomic E-state index is 0.0583. The summed E-state index contributed by atoms with van der Waals surface area (Å²) in [6, 6.07) is 3.95. The predicted molar refractivity (Wildman–Crippen MR) is 57.8 cm³/mol. The van der Waals surface area contributed by atoms with E-state index < -0.39 is 6.61 Å². The van der Waals surface area contributed by atoms with Crippen LogP contribution in [-0.2, 0) is 0 Å². The Morgan fingerprint density at radius 3 is 2.69 bits per heavy atom. The molecule has 0 bridgehead atoms. The summed E-state index contributed by atoms with van der Waals surface area (Å²) in [6.45, 7) is -3.00. The molecule has 0 saturated heterocycles. The lowest BCUT2D eigenvalue weighted by Crippen LogP contribution is -2.08. The summed E-state index contributed by atoms with van der Waals surface area (Å²) in [5, 5.41) is 0.220. The van der Waals surface area contributed by atoms with Crippen molar-refractivity contribution in [3.63, 3.8) is 0 Å². The van der Waals surface area contributed by atoms with Crippen molar-refractivity contribution < 1.29 is 18.3 Å². The van der Waals surface area contributed by atoms with Crippen LogP contribution in [0.1, 0.15) is 16.8 Å². The van der Waals surface area contributed by atoms with Crippen LogP contribution in [-0.4, -0.2) is 18.3 Å². The molecule has 0 radical (unpaired) electrons. The fourth-order valence-electron chi connectivity index (χ4n) is 1.14. The summed E-state index contributed by atoms with van der Waals surface area (Å²) in [5.41, 5.74) is 0.0605. The number of ketones is 1. The average molecular weight is 269 g/mol. The number of benzene rings is 1. The first kappa shape index (κ1) is 13.2. The number of Topliss-reactive ketones (excluding diaryl/α,β-unsaturated/α-hetero) is 1. The highest BCUT2D eigenvalue weighted by Crippen LogP contribution is 2.26. The molecule has 0 aliphatic carbocycles. The Bertz CT molecular complexity index is 383. The van der Waals surface area contributed by atoms with E-state index in [9.17, 15) is 13.6 Å². The Morgan fingerprint density at radius 2 is 2.12 bits per heavy atom. The molecule has 1 rings (SSSR count). The van der Waals surface area contributed by atoms with Gasteiger partial charge in [-0.25, -0.2) is 0 Å². The fraction of sp³-hybridized carbons (Fsp3) is 0.300. The van der Waals surface area contributed by atoms with Crippen molar-refractivity contribution in [3.05, 3.63) is 28.8 Å². The molecule has 2 nitrogen and oxygen atoms in total. The van der Waals surface area contributed by atoms with Crippen LogP contribution in [0.2, 0.25) is 5.02 Å². The monoisotopic (exact) mass is 268 g/mol. The first-order valence-corrected chi connectivity index (χ1v) is 5.29. The number of ether oxygens (including phenoxy) is 1. The lowest BCUT2D eigenvalue weighted by molar-refractivity contribution is -0.0501. The maximum atomic E-state index is 12.1. The Balaban J connectivity index is 3.02. The van der Waals surface area contributed by atoms with Crippen LogP contribution in [0, 0.1) is 0 Å². The average Bonchev–Trinajstić information content (AvgIpc) is 2.16. The summed E-state index contributed by atoms with van der Waals surface area (Å²) in [6.07, 6.45) is 0.0583. The van der Waals surface area contributed by atoms with Crippen molar-refractivity contribution in [1.82, 2.24) is 0 Å². The van der Waals surface area contributed by atoms with Gasteiger partial charge in [0.25, 0.3) is 0 Å². The molecule has 0 spiro atoms. The van der Waals surface area contributed by atoms with E-state index in [1.165, 1.54) is 18.2 Å². The predicted octanol–water partition coefficient (Wildman–Crippen LogP) is 3.75. The maximum absolute atomic E-state index is 12.1. The molecule has 0 unspecified atom stereocenters. The Hall–Kier alpha value is -0.870. The van der Waals surface area contributed by atoms with Crippen LogP contribution in [0.5, 0.6) is 5.75 Å². The van der Waals surface area contributed by atoms with E-state index in [1.807, 2.05) is 0 Å². The molecule has 1 aromatic carbocycles. The number of hydrogen-bond donors (Lipinski definition) is 0. The Labute approximate surface area is 101 Å². The van der Waals surface area contributed by atoms with Gasteiger partial charge in [-0.1, -0.05) is 11.6 Å². The zero-order chi connectivity index (χ0) is 12.1. The SMILES string of the molecule is O=C(CCCl)c1ccc(Cl)cc1OC(F)F. The van der Waals surface area contributed by atoms with Gasteiger partial charge in [-0.3, -0.25) is 4.79 Å². The van der Waals surface area contributed by atoms with Crippen LogP contribution in [0.4, 0.5) is 8.78 Å². The zero-order valence-electron chi connectivity index (χ0n) is 8.05. The maximum Gasteiger partial charge on any atom is 0.387 e.